The van der Waals surface area contributed by atoms with Crippen molar-refractivity contribution in [1.82, 2.24) is 4.90 Å². The van der Waals surface area contributed by atoms with Crippen LogP contribution in [-0.2, 0) is 9.53 Å². The van der Waals surface area contributed by atoms with E-state index in [0.717, 1.165) is 12.0 Å². The molecule has 0 amide bonds. The van der Waals surface area contributed by atoms with Crippen LogP contribution < -0.4 is 32.7 Å². The zero-order chi connectivity index (χ0) is 16.4. The molecule has 0 bridgehead atoms. The number of hydrogen-bond acceptors (Lipinski definition) is 6. The van der Waals surface area contributed by atoms with Crippen molar-refractivity contribution in [2.75, 3.05) is 13.7 Å². The van der Waals surface area contributed by atoms with Crippen molar-refractivity contribution in [1.29, 1.82) is 0 Å². The first-order chi connectivity index (χ1) is 10.4. The van der Waals surface area contributed by atoms with Crippen molar-refractivity contribution < 1.29 is 30.7 Å². The van der Waals surface area contributed by atoms with E-state index in [0.29, 0.717) is 18.4 Å². The van der Waals surface area contributed by atoms with Crippen LogP contribution in [0.15, 0.2) is 17.1 Å². The molecule has 6 atom stereocenters. The van der Waals surface area contributed by atoms with Crippen LogP contribution in [0.5, 0.6) is 0 Å². The number of ether oxygens (including phenoxy) is 1. The number of hydrogen-bond donors (Lipinski definition) is 2. The van der Waals surface area contributed by atoms with Gasteiger partial charge in [-0.25, -0.2) is 0 Å². The Balaban J connectivity index is 2.05. The average molecular weight is 421 g/mol. The van der Waals surface area contributed by atoms with Gasteiger partial charge in [0.2, 0.25) is 0 Å². The Morgan fingerprint density at radius 3 is 2.95 bits per heavy atom. The molecule has 6 nitrogen and oxygen atoms in total. The molecular formula is C15H26IN4O2-. The van der Waals surface area contributed by atoms with Crippen molar-refractivity contribution in [2.45, 2.75) is 42.6 Å². The molecule has 1 aliphatic carbocycles. The van der Waals surface area contributed by atoms with Crippen molar-refractivity contribution in [3.8, 4) is 0 Å². The molecule has 0 aromatic rings. The maximum absolute atomic E-state index is 12.2. The van der Waals surface area contributed by atoms with Gasteiger partial charge in [-0.05, 0) is 0 Å². The second-order valence-corrected chi connectivity index (χ2v) is 9.75. The summed E-state index contributed by atoms with van der Waals surface area (Å²) in [6.45, 7) is 8.99. The van der Waals surface area contributed by atoms with E-state index < -0.39 is 33.4 Å². The molecule has 1 saturated carbocycles. The summed E-state index contributed by atoms with van der Waals surface area (Å²) in [4.78, 5) is 18.6. The van der Waals surface area contributed by atoms with Gasteiger partial charge in [0.1, 0.15) is 0 Å². The Morgan fingerprint density at radius 1 is 1.68 bits per heavy atom. The number of carbonyl (C=O) groups is 1. The van der Waals surface area contributed by atoms with Crippen LogP contribution in [0.3, 0.4) is 0 Å². The van der Waals surface area contributed by atoms with Crippen LogP contribution >= 0.6 is 0 Å². The first kappa shape index (κ1) is 17.8. The van der Waals surface area contributed by atoms with Gasteiger partial charge in [-0.15, -0.1) is 0 Å². The molecule has 0 radical (unpaired) electrons. The number of aliphatic imine (C=N–C) groups is 1. The number of rotatable bonds is 6. The molecule has 2 rings (SSSR count). The monoisotopic (exact) mass is 421 g/mol. The average Bonchev–Trinajstić information content (AvgIpc) is 2.93. The van der Waals surface area contributed by atoms with Crippen LogP contribution in [0.2, 0.25) is 0 Å². The fourth-order valence-corrected chi connectivity index (χ4v) is 5.10. The minimum atomic E-state index is -0.730. The quantitative estimate of drug-likeness (QED) is 0.158. The predicted octanol–water partition coefficient (Wildman–Crippen LogP) is -2.87. The third kappa shape index (κ3) is 3.52. The van der Waals surface area contributed by atoms with E-state index in [4.69, 9.17) is 16.2 Å². The Bertz CT molecular complexity index is 468. The van der Waals surface area contributed by atoms with Crippen LogP contribution in [0.25, 0.3) is 0 Å². The molecule has 126 valence electrons. The van der Waals surface area contributed by atoms with E-state index in [2.05, 4.69) is 18.5 Å². The van der Waals surface area contributed by atoms with Crippen LogP contribution in [0, 0.1) is 11.8 Å². The van der Waals surface area contributed by atoms with Crippen LogP contribution in [-0.4, -0.2) is 51.0 Å². The van der Waals surface area contributed by atoms with E-state index >= 15 is 0 Å². The zero-order valence-electron chi connectivity index (χ0n) is 13.4. The van der Waals surface area contributed by atoms with E-state index in [9.17, 15) is 4.79 Å². The Kier molecular flexibility index (Phi) is 5.98. The molecule has 2 aliphatic rings. The Labute approximate surface area is 142 Å². The zero-order valence-corrected chi connectivity index (χ0v) is 15.6. The van der Waals surface area contributed by atoms with Gasteiger partial charge in [-0.3, -0.25) is 0 Å². The molecule has 0 aromatic carbocycles. The normalized spacial score (nSPS) is 36.3. The Morgan fingerprint density at radius 2 is 2.36 bits per heavy atom. The topological polar surface area (TPSA) is 93.9 Å². The fraction of sp³-hybridized carbons (Fsp3) is 0.733. The van der Waals surface area contributed by atoms with Crippen LogP contribution in [0.4, 0.5) is 0 Å². The molecular weight excluding hydrogens is 395 g/mol. The summed E-state index contributed by atoms with van der Waals surface area (Å²) in [6.07, 6.45) is 2.30. The second-order valence-electron chi connectivity index (χ2n) is 6.10. The molecule has 1 heterocycles. The number of halogens is 1. The molecule has 4 N–H and O–H groups in total. The molecule has 0 spiro atoms. The van der Waals surface area contributed by atoms with Crippen molar-refractivity contribution in [2.24, 2.45) is 28.3 Å². The molecule has 0 saturated heterocycles. The molecule has 7 heteroatoms. The molecule has 1 aliphatic heterocycles. The standard InChI is InChI=1S/C15H26IN4O2/c1-8-5-12(9(2)11(8)6-22-4)20-7-19-13(15(20)18)14(21)16-10(3)17/h7-8,10-13,15H,2,5-6,17-18H2,1,3-4H3/q-1/t8-,10?,11-,12+,13?,15?/m1/s1. The van der Waals surface area contributed by atoms with Crippen molar-refractivity contribution in [3.63, 3.8) is 0 Å². The number of carbonyl (C=O) groups excluding carboxylic acids is 1. The number of nitrogens with two attached hydrogens (primary N) is 2. The molecule has 0 aromatic heterocycles. The third-order valence-electron chi connectivity index (χ3n) is 4.43. The van der Waals surface area contributed by atoms with Gasteiger partial charge in [-0.2, -0.15) is 0 Å². The summed E-state index contributed by atoms with van der Waals surface area (Å²) < 4.78 is 5.36. The van der Waals surface area contributed by atoms with Crippen molar-refractivity contribution >= 4 is 10.1 Å². The predicted molar refractivity (Wildman–Crippen MR) is 82.8 cm³/mol. The van der Waals surface area contributed by atoms with E-state index in [-0.39, 0.29) is 13.9 Å². The van der Waals surface area contributed by atoms with Gasteiger partial charge < -0.3 is 0 Å². The van der Waals surface area contributed by atoms with Gasteiger partial charge in [0.15, 0.2) is 0 Å². The summed E-state index contributed by atoms with van der Waals surface area (Å²) in [5.41, 5.74) is 13.2. The fourth-order valence-electron chi connectivity index (χ4n) is 3.24. The van der Waals surface area contributed by atoms with E-state index in [1.807, 2.05) is 11.8 Å². The SMILES string of the molecule is C=C1[C@H](COC)[C@H](C)C[C@@H]1N1C=NC(C(=O)[I-]C(C)N)C1N. The van der Waals surface area contributed by atoms with Gasteiger partial charge in [0.05, 0.1) is 0 Å². The number of nitrogens with zero attached hydrogens (tertiary/aromatic N) is 2. The molecule has 22 heavy (non-hydrogen) atoms. The summed E-state index contributed by atoms with van der Waals surface area (Å²) in [7, 11) is 1.71. The van der Waals surface area contributed by atoms with Gasteiger partial charge >= 0.3 is 142 Å². The molecule has 1 fully saturated rings. The van der Waals surface area contributed by atoms with Gasteiger partial charge in [-0.1, -0.05) is 0 Å². The second kappa shape index (κ2) is 7.37. The summed E-state index contributed by atoms with van der Waals surface area (Å²) in [5.74, 6) is 0.825. The van der Waals surface area contributed by atoms with Gasteiger partial charge in [0, 0.05) is 0 Å². The minimum absolute atomic E-state index is 0.0599. The van der Waals surface area contributed by atoms with Gasteiger partial charge in [0.25, 0.3) is 0 Å². The first-order valence-electron chi connectivity index (χ1n) is 7.53. The summed E-state index contributed by atoms with van der Waals surface area (Å²) in [6, 6.07) is -0.330. The number of methoxy groups -OCH3 is 1. The Hall–Kier alpha value is -0.510. The summed E-state index contributed by atoms with van der Waals surface area (Å²) >= 11 is -0.730. The third-order valence-corrected chi connectivity index (χ3v) is 6.67. The van der Waals surface area contributed by atoms with E-state index in [1.165, 1.54) is 0 Å². The maximum atomic E-state index is 12.2. The van der Waals surface area contributed by atoms with Crippen molar-refractivity contribution in [3.05, 3.63) is 12.2 Å². The van der Waals surface area contributed by atoms with Crippen LogP contribution in [0.1, 0.15) is 20.3 Å². The summed E-state index contributed by atoms with van der Waals surface area (Å²) in [5, 5.41) is 0. The number of alkyl halides is 1. The first-order valence-corrected chi connectivity index (χ1v) is 9.86. The van der Waals surface area contributed by atoms with E-state index in [1.54, 1.807) is 13.4 Å². The molecule has 3 unspecified atom stereocenters.